The summed E-state index contributed by atoms with van der Waals surface area (Å²) in [5.74, 6) is -0.210. The van der Waals surface area contributed by atoms with E-state index < -0.39 is 5.97 Å². The average Bonchev–Trinajstić information content (AvgIpc) is 2.76. The fourth-order valence-corrected chi connectivity index (χ4v) is 3.11. The van der Waals surface area contributed by atoms with Crippen LogP contribution in [0.5, 0.6) is 0 Å². The van der Waals surface area contributed by atoms with Gasteiger partial charge in [0.1, 0.15) is 0 Å². The molecule has 19 heavy (non-hydrogen) atoms. The third-order valence-corrected chi connectivity index (χ3v) is 4.62. The zero-order chi connectivity index (χ0) is 14.2. The van der Waals surface area contributed by atoms with Crippen molar-refractivity contribution in [1.82, 2.24) is 0 Å². The van der Waals surface area contributed by atoms with Crippen LogP contribution in [0, 0.1) is 11.3 Å². The lowest BCUT2D eigenvalue weighted by Gasteiger charge is -2.27. The van der Waals surface area contributed by atoms with Crippen LogP contribution < -0.4 is 4.90 Å². The minimum absolute atomic E-state index is 0.315. The van der Waals surface area contributed by atoms with Crippen LogP contribution in [0.2, 0.25) is 0 Å². The predicted octanol–water partition coefficient (Wildman–Crippen LogP) is 4.02. The Balaban J connectivity index is 2.16. The number of nitrogens with zero attached hydrogens (tertiary/aromatic N) is 1. The highest BCUT2D eigenvalue weighted by atomic mass is 79.9. The molecule has 1 heterocycles. The summed E-state index contributed by atoms with van der Waals surface area (Å²) >= 11 is 3.34. The number of rotatable bonds is 2. The molecule has 0 radical (unpaired) electrons. The van der Waals surface area contributed by atoms with Gasteiger partial charge in [-0.15, -0.1) is 0 Å². The zero-order valence-electron chi connectivity index (χ0n) is 11.6. The summed E-state index contributed by atoms with van der Waals surface area (Å²) in [6, 6.07) is 5.49. The molecule has 3 nitrogen and oxygen atoms in total. The molecule has 0 aromatic heterocycles. The van der Waals surface area contributed by atoms with Gasteiger partial charge < -0.3 is 10.0 Å². The summed E-state index contributed by atoms with van der Waals surface area (Å²) in [4.78, 5) is 13.3. The van der Waals surface area contributed by atoms with E-state index in [9.17, 15) is 4.79 Å². The van der Waals surface area contributed by atoms with E-state index in [-0.39, 0.29) is 0 Å². The Labute approximate surface area is 122 Å². The Morgan fingerprint density at radius 3 is 2.58 bits per heavy atom. The summed E-state index contributed by atoms with van der Waals surface area (Å²) in [5.41, 5.74) is 1.74. The molecule has 1 unspecified atom stereocenters. The standard InChI is InChI=1S/C15H20BrNO2/c1-15(2,3)10-6-7-17(9-10)11-4-5-12(14(18)19)13(16)8-11/h4-5,8,10H,6-7,9H2,1-3H3,(H,18,19). The summed E-state index contributed by atoms with van der Waals surface area (Å²) in [7, 11) is 0. The Kier molecular flexibility index (Phi) is 3.90. The van der Waals surface area contributed by atoms with Gasteiger partial charge in [0.25, 0.3) is 0 Å². The van der Waals surface area contributed by atoms with Crippen LogP contribution in [0.15, 0.2) is 22.7 Å². The van der Waals surface area contributed by atoms with Crippen molar-refractivity contribution in [2.45, 2.75) is 27.2 Å². The molecule has 0 bridgehead atoms. The Hall–Kier alpha value is -1.03. The molecule has 1 aromatic carbocycles. The van der Waals surface area contributed by atoms with Gasteiger partial charge in [-0.2, -0.15) is 0 Å². The lowest BCUT2D eigenvalue weighted by atomic mass is 9.80. The van der Waals surface area contributed by atoms with Gasteiger partial charge in [0.2, 0.25) is 0 Å². The zero-order valence-corrected chi connectivity index (χ0v) is 13.2. The molecule has 0 aliphatic carbocycles. The van der Waals surface area contributed by atoms with Crippen molar-refractivity contribution in [2.75, 3.05) is 18.0 Å². The molecule has 1 fully saturated rings. The molecule has 1 aliphatic rings. The van der Waals surface area contributed by atoms with E-state index in [4.69, 9.17) is 5.11 Å². The minimum atomic E-state index is -0.896. The normalized spacial score (nSPS) is 19.8. The number of aromatic carboxylic acids is 1. The van der Waals surface area contributed by atoms with Crippen LogP contribution in [0.4, 0.5) is 5.69 Å². The van der Waals surface area contributed by atoms with Gasteiger partial charge in [0.15, 0.2) is 0 Å². The molecule has 1 aromatic rings. The van der Waals surface area contributed by atoms with Crippen molar-refractivity contribution in [3.8, 4) is 0 Å². The molecular weight excluding hydrogens is 306 g/mol. The number of carbonyl (C=O) groups is 1. The fraction of sp³-hybridized carbons (Fsp3) is 0.533. The summed E-state index contributed by atoms with van der Waals surface area (Å²) < 4.78 is 0.650. The van der Waals surface area contributed by atoms with Crippen molar-refractivity contribution in [2.24, 2.45) is 11.3 Å². The monoisotopic (exact) mass is 325 g/mol. The molecule has 1 aliphatic heterocycles. The van der Waals surface area contributed by atoms with E-state index in [1.54, 1.807) is 6.07 Å². The first kappa shape index (κ1) is 14.4. The maximum Gasteiger partial charge on any atom is 0.336 e. The van der Waals surface area contributed by atoms with Crippen molar-refractivity contribution in [3.63, 3.8) is 0 Å². The molecular formula is C15H20BrNO2. The second-order valence-corrected chi connectivity index (χ2v) is 7.12. The summed E-state index contributed by atoms with van der Waals surface area (Å²) in [5, 5.41) is 9.03. The van der Waals surface area contributed by atoms with E-state index >= 15 is 0 Å². The lowest BCUT2D eigenvalue weighted by molar-refractivity contribution is 0.0696. The van der Waals surface area contributed by atoms with Gasteiger partial charge in [-0.3, -0.25) is 0 Å². The van der Waals surface area contributed by atoms with Crippen molar-refractivity contribution in [3.05, 3.63) is 28.2 Å². The van der Waals surface area contributed by atoms with Crippen LogP contribution in [0.1, 0.15) is 37.6 Å². The lowest BCUT2D eigenvalue weighted by Crippen LogP contribution is -2.25. The van der Waals surface area contributed by atoms with Gasteiger partial charge in [-0.1, -0.05) is 20.8 Å². The fourth-order valence-electron chi connectivity index (χ4n) is 2.58. The highest BCUT2D eigenvalue weighted by Gasteiger charge is 2.31. The number of hydrogen-bond donors (Lipinski definition) is 1. The SMILES string of the molecule is CC(C)(C)C1CCN(c2ccc(C(=O)O)c(Br)c2)C1. The van der Waals surface area contributed by atoms with Crippen LogP contribution in [0.3, 0.4) is 0 Å². The molecule has 2 rings (SSSR count). The highest BCUT2D eigenvalue weighted by Crippen LogP contribution is 2.36. The van der Waals surface area contributed by atoms with E-state index in [1.807, 2.05) is 12.1 Å². The van der Waals surface area contributed by atoms with Crippen molar-refractivity contribution in [1.29, 1.82) is 0 Å². The first-order valence-electron chi connectivity index (χ1n) is 6.57. The molecule has 1 saturated heterocycles. The Morgan fingerprint density at radius 2 is 2.11 bits per heavy atom. The van der Waals surface area contributed by atoms with Crippen molar-refractivity contribution < 1.29 is 9.90 Å². The average molecular weight is 326 g/mol. The van der Waals surface area contributed by atoms with Crippen LogP contribution >= 0.6 is 15.9 Å². The molecule has 4 heteroatoms. The van der Waals surface area contributed by atoms with E-state index in [0.29, 0.717) is 21.4 Å². The van der Waals surface area contributed by atoms with E-state index in [2.05, 4.69) is 41.6 Å². The summed E-state index contributed by atoms with van der Waals surface area (Å²) in [6.45, 7) is 8.93. The molecule has 1 atom stereocenters. The molecule has 0 saturated carbocycles. The van der Waals surface area contributed by atoms with Crippen LogP contribution in [0.25, 0.3) is 0 Å². The number of anilines is 1. The Morgan fingerprint density at radius 1 is 1.42 bits per heavy atom. The third-order valence-electron chi connectivity index (χ3n) is 3.96. The smallest absolute Gasteiger partial charge is 0.336 e. The van der Waals surface area contributed by atoms with E-state index in [0.717, 1.165) is 18.8 Å². The van der Waals surface area contributed by atoms with Crippen LogP contribution in [-0.2, 0) is 0 Å². The van der Waals surface area contributed by atoms with Crippen molar-refractivity contribution >= 4 is 27.6 Å². The van der Waals surface area contributed by atoms with Gasteiger partial charge >= 0.3 is 5.97 Å². The first-order chi connectivity index (χ1) is 8.79. The van der Waals surface area contributed by atoms with Crippen LogP contribution in [-0.4, -0.2) is 24.2 Å². The highest BCUT2D eigenvalue weighted by molar-refractivity contribution is 9.10. The third kappa shape index (κ3) is 3.11. The van der Waals surface area contributed by atoms with Gasteiger partial charge in [-0.05, 0) is 51.9 Å². The maximum absolute atomic E-state index is 11.0. The molecule has 0 spiro atoms. The number of carboxylic acid groups (broad SMARTS) is 1. The first-order valence-corrected chi connectivity index (χ1v) is 7.36. The van der Waals surface area contributed by atoms with Gasteiger partial charge in [0, 0.05) is 23.2 Å². The van der Waals surface area contributed by atoms with Gasteiger partial charge in [0.05, 0.1) is 5.56 Å². The topological polar surface area (TPSA) is 40.5 Å². The number of hydrogen-bond acceptors (Lipinski definition) is 2. The number of carboxylic acids is 1. The number of benzene rings is 1. The number of halogens is 1. The predicted molar refractivity (Wildman–Crippen MR) is 80.9 cm³/mol. The summed E-state index contributed by atoms with van der Waals surface area (Å²) in [6.07, 6.45) is 1.20. The molecule has 104 valence electrons. The Bertz CT molecular complexity index is 493. The minimum Gasteiger partial charge on any atom is -0.478 e. The maximum atomic E-state index is 11.0. The molecule has 0 amide bonds. The van der Waals surface area contributed by atoms with Gasteiger partial charge in [-0.25, -0.2) is 4.79 Å². The second-order valence-electron chi connectivity index (χ2n) is 6.27. The quantitative estimate of drug-likeness (QED) is 0.892. The van der Waals surface area contributed by atoms with E-state index in [1.165, 1.54) is 6.42 Å². The largest absolute Gasteiger partial charge is 0.478 e. The second kappa shape index (κ2) is 5.16. The molecule has 1 N–H and O–H groups in total.